The highest BCUT2D eigenvalue weighted by Crippen LogP contribution is 2.33. The molecule has 0 bridgehead atoms. The van der Waals surface area contributed by atoms with Gasteiger partial charge in [-0.3, -0.25) is 0 Å². The van der Waals surface area contributed by atoms with Gasteiger partial charge in [-0.25, -0.2) is 0 Å². The molecule has 24 heavy (non-hydrogen) atoms. The minimum atomic E-state index is 0.155. The van der Waals surface area contributed by atoms with E-state index in [0.29, 0.717) is 5.57 Å². The van der Waals surface area contributed by atoms with Crippen LogP contribution >= 0.6 is 0 Å². The predicted octanol–water partition coefficient (Wildman–Crippen LogP) is 4.58. The summed E-state index contributed by atoms with van der Waals surface area (Å²) in [6.45, 7) is 0. The maximum Gasteiger partial charge on any atom is 0.115 e. The van der Waals surface area contributed by atoms with Crippen molar-refractivity contribution in [2.45, 2.75) is 0 Å². The van der Waals surface area contributed by atoms with Crippen LogP contribution < -0.4 is 0 Å². The van der Waals surface area contributed by atoms with E-state index in [0.717, 1.165) is 22.3 Å². The molecule has 0 aromatic heterocycles. The zero-order valence-electron chi connectivity index (χ0n) is 12.8. The Labute approximate surface area is 140 Å². The van der Waals surface area contributed by atoms with E-state index in [1.807, 2.05) is 30.3 Å². The Morgan fingerprint density at radius 2 is 1.08 bits per heavy atom. The van der Waals surface area contributed by atoms with Gasteiger partial charge in [-0.15, -0.1) is 0 Å². The number of aromatic hydroxyl groups is 2. The molecule has 0 saturated heterocycles. The number of phenols is 2. The lowest BCUT2D eigenvalue weighted by molar-refractivity contribution is 0.474. The van der Waals surface area contributed by atoms with Gasteiger partial charge < -0.3 is 10.2 Å². The number of rotatable bonds is 3. The highest BCUT2D eigenvalue weighted by Gasteiger charge is 2.14. The summed E-state index contributed by atoms with van der Waals surface area (Å²) < 4.78 is 0. The minimum absolute atomic E-state index is 0.155. The molecule has 0 aliphatic carbocycles. The number of hydrogen-bond donors (Lipinski definition) is 2. The normalized spacial score (nSPS) is 11.5. The van der Waals surface area contributed by atoms with Crippen molar-refractivity contribution in [1.82, 2.24) is 0 Å². The Hall–Kier alpha value is -3.51. The highest BCUT2D eigenvalue weighted by molar-refractivity contribution is 6.03. The fourth-order valence-electron chi connectivity index (χ4n) is 2.58. The molecule has 3 rings (SSSR count). The van der Waals surface area contributed by atoms with Crippen LogP contribution in [-0.4, -0.2) is 10.2 Å². The number of nitriles is 1. The van der Waals surface area contributed by atoms with Crippen LogP contribution in [-0.2, 0) is 0 Å². The van der Waals surface area contributed by atoms with Gasteiger partial charge in [-0.2, -0.15) is 5.26 Å². The molecule has 0 unspecified atom stereocenters. The fourth-order valence-corrected chi connectivity index (χ4v) is 2.58. The van der Waals surface area contributed by atoms with Crippen LogP contribution in [0.25, 0.3) is 11.1 Å². The molecule has 0 fully saturated rings. The van der Waals surface area contributed by atoms with Crippen LogP contribution in [0.15, 0.2) is 78.9 Å². The van der Waals surface area contributed by atoms with E-state index >= 15 is 0 Å². The molecule has 3 aromatic carbocycles. The zero-order chi connectivity index (χ0) is 16.9. The maximum absolute atomic E-state index is 9.78. The van der Waals surface area contributed by atoms with E-state index in [4.69, 9.17) is 0 Å². The van der Waals surface area contributed by atoms with Crippen molar-refractivity contribution in [2.75, 3.05) is 0 Å². The number of hydrogen-bond acceptors (Lipinski definition) is 3. The summed E-state index contributed by atoms with van der Waals surface area (Å²) in [5, 5.41) is 28.8. The molecular weight excluding hydrogens is 298 g/mol. The summed E-state index contributed by atoms with van der Waals surface area (Å²) >= 11 is 0. The molecule has 0 spiro atoms. The topological polar surface area (TPSA) is 64.2 Å². The SMILES string of the molecule is N#C/C(=C(\c1ccccc1)c1ccc(O)cc1)c1ccc(O)cc1. The average molecular weight is 313 g/mol. The quantitative estimate of drug-likeness (QED) is 0.549. The standard InChI is InChI=1S/C21H15NO2/c22-14-20(15-6-10-18(23)11-7-15)21(16-4-2-1-3-5-16)17-8-12-19(24)13-9-17/h1-13,23-24H/b21-20-. The van der Waals surface area contributed by atoms with Gasteiger partial charge in [-0.1, -0.05) is 42.5 Å². The number of nitrogens with zero attached hydrogens (tertiary/aromatic N) is 1. The summed E-state index contributed by atoms with van der Waals surface area (Å²) in [5.74, 6) is 0.330. The molecule has 3 nitrogen and oxygen atoms in total. The third kappa shape index (κ3) is 3.13. The molecule has 3 aromatic rings. The molecule has 0 atom stereocenters. The summed E-state index contributed by atoms with van der Waals surface area (Å²) in [4.78, 5) is 0. The van der Waals surface area contributed by atoms with Gasteiger partial charge in [0.2, 0.25) is 0 Å². The van der Waals surface area contributed by atoms with E-state index in [9.17, 15) is 15.5 Å². The Bertz CT molecular complexity index is 903. The first-order valence-corrected chi connectivity index (χ1v) is 7.47. The molecule has 2 N–H and O–H groups in total. The van der Waals surface area contributed by atoms with E-state index in [1.165, 1.54) is 0 Å². The summed E-state index contributed by atoms with van der Waals surface area (Å²) in [6.07, 6.45) is 0. The molecule has 116 valence electrons. The molecular formula is C21H15NO2. The third-order valence-electron chi connectivity index (χ3n) is 3.74. The second kappa shape index (κ2) is 6.72. The first kappa shape index (κ1) is 15.4. The molecule has 0 aliphatic rings. The van der Waals surface area contributed by atoms with Crippen molar-refractivity contribution in [3.8, 4) is 17.6 Å². The van der Waals surface area contributed by atoms with E-state index in [-0.39, 0.29) is 11.5 Å². The van der Waals surface area contributed by atoms with Gasteiger partial charge >= 0.3 is 0 Å². The second-order valence-electron chi connectivity index (χ2n) is 5.32. The van der Waals surface area contributed by atoms with Crippen LogP contribution in [0.4, 0.5) is 0 Å². The Morgan fingerprint density at radius 1 is 0.625 bits per heavy atom. The number of benzene rings is 3. The van der Waals surface area contributed by atoms with Gasteiger partial charge in [-0.05, 0) is 53.1 Å². The monoisotopic (exact) mass is 313 g/mol. The second-order valence-corrected chi connectivity index (χ2v) is 5.32. The molecule has 0 saturated carbocycles. The average Bonchev–Trinajstić information content (AvgIpc) is 2.62. The van der Waals surface area contributed by atoms with Crippen LogP contribution in [0.1, 0.15) is 16.7 Å². The van der Waals surface area contributed by atoms with E-state index < -0.39 is 0 Å². The zero-order valence-corrected chi connectivity index (χ0v) is 12.8. The van der Waals surface area contributed by atoms with Gasteiger partial charge in [0.25, 0.3) is 0 Å². The smallest absolute Gasteiger partial charge is 0.115 e. The number of phenolic OH excluding ortho intramolecular Hbond substituents is 2. The van der Waals surface area contributed by atoms with E-state index in [1.54, 1.807) is 48.5 Å². The van der Waals surface area contributed by atoms with Crippen LogP contribution in [0.3, 0.4) is 0 Å². The van der Waals surface area contributed by atoms with Crippen molar-refractivity contribution in [3.63, 3.8) is 0 Å². The maximum atomic E-state index is 9.78. The van der Waals surface area contributed by atoms with Crippen molar-refractivity contribution < 1.29 is 10.2 Å². The Morgan fingerprint density at radius 3 is 1.58 bits per heavy atom. The van der Waals surface area contributed by atoms with Crippen molar-refractivity contribution in [2.24, 2.45) is 0 Å². The minimum Gasteiger partial charge on any atom is -0.508 e. The van der Waals surface area contributed by atoms with Crippen molar-refractivity contribution >= 4 is 11.1 Å². The molecule has 0 aliphatic heterocycles. The predicted molar refractivity (Wildman–Crippen MR) is 94.2 cm³/mol. The lowest BCUT2D eigenvalue weighted by Gasteiger charge is -2.12. The first-order chi connectivity index (χ1) is 11.7. The van der Waals surface area contributed by atoms with Crippen LogP contribution in [0.2, 0.25) is 0 Å². The molecule has 3 heteroatoms. The number of allylic oxidation sites excluding steroid dienone is 1. The van der Waals surface area contributed by atoms with Crippen molar-refractivity contribution in [1.29, 1.82) is 5.26 Å². The van der Waals surface area contributed by atoms with E-state index in [2.05, 4.69) is 6.07 Å². The summed E-state index contributed by atoms with van der Waals surface area (Å²) in [6, 6.07) is 25.3. The lowest BCUT2D eigenvalue weighted by Crippen LogP contribution is -1.93. The van der Waals surface area contributed by atoms with Crippen molar-refractivity contribution in [3.05, 3.63) is 95.6 Å². The van der Waals surface area contributed by atoms with Gasteiger partial charge in [0.15, 0.2) is 0 Å². The molecule has 0 radical (unpaired) electrons. The summed E-state index contributed by atoms with van der Waals surface area (Å²) in [5.41, 5.74) is 3.76. The van der Waals surface area contributed by atoms with Gasteiger partial charge in [0, 0.05) is 5.57 Å². The van der Waals surface area contributed by atoms with Gasteiger partial charge in [0.05, 0.1) is 5.57 Å². The lowest BCUT2D eigenvalue weighted by atomic mass is 9.90. The van der Waals surface area contributed by atoms with Crippen LogP contribution in [0, 0.1) is 11.3 Å². The fraction of sp³-hybridized carbons (Fsp3) is 0. The highest BCUT2D eigenvalue weighted by atomic mass is 16.3. The van der Waals surface area contributed by atoms with Gasteiger partial charge in [0.1, 0.15) is 17.6 Å². The first-order valence-electron chi connectivity index (χ1n) is 7.47. The largest absolute Gasteiger partial charge is 0.508 e. The van der Waals surface area contributed by atoms with Crippen LogP contribution in [0.5, 0.6) is 11.5 Å². The molecule has 0 heterocycles. The third-order valence-corrected chi connectivity index (χ3v) is 3.74. The Balaban J connectivity index is 2.28. The molecule has 0 amide bonds. The Kier molecular flexibility index (Phi) is 4.31. The summed E-state index contributed by atoms with van der Waals surface area (Å²) in [7, 11) is 0.